The van der Waals surface area contributed by atoms with E-state index in [2.05, 4.69) is 6.92 Å². The molecule has 0 heterocycles. The van der Waals surface area contributed by atoms with Gasteiger partial charge in [-0.05, 0) is 28.7 Å². The summed E-state index contributed by atoms with van der Waals surface area (Å²) in [5, 5.41) is 23.4. The van der Waals surface area contributed by atoms with Gasteiger partial charge in [0.05, 0.1) is 12.5 Å². The molecule has 28 heavy (non-hydrogen) atoms. The fraction of sp³-hybridized carbons (Fsp3) is 0.458. The summed E-state index contributed by atoms with van der Waals surface area (Å²) in [6.07, 6.45) is 5.50. The molecule has 5 rings (SSSR count). The summed E-state index contributed by atoms with van der Waals surface area (Å²) >= 11 is 0. The molecule has 0 saturated heterocycles. The Kier molecular flexibility index (Phi) is 5.02. The number of ether oxygens (including phenoxy) is 1. The van der Waals surface area contributed by atoms with Crippen molar-refractivity contribution in [1.29, 1.82) is 0 Å². The molecule has 4 heteroatoms. The number of esters is 1. The summed E-state index contributed by atoms with van der Waals surface area (Å²) in [7, 11) is 0. The third-order valence-electron chi connectivity index (χ3n) is 6.35. The molecule has 0 aliphatic heterocycles. The van der Waals surface area contributed by atoms with Crippen molar-refractivity contribution in [3.63, 3.8) is 0 Å². The van der Waals surface area contributed by atoms with Gasteiger partial charge in [0.25, 0.3) is 0 Å². The van der Waals surface area contributed by atoms with Crippen LogP contribution in [0.1, 0.15) is 67.7 Å². The van der Waals surface area contributed by atoms with E-state index in [0.29, 0.717) is 28.9 Å². The molecule has 3 aliphatic rings. The highest BCUT2D eigenvalue weighted by atomic mass is 16.5. The van der Waals surface area contributed by atoms with Crippen molar-refractivity contribution in [2.45, 2.75) is 56.7 Å². The number of unbranched alkanes of at least 4 members (excludes halogenated alkanes) is 4. The fourth-order valence-electron chi connectivity index (χ4n) is 4.91. The fourth-order valence-corrected chi connectivity index (χ4v) is 4.91. The first-order valence-corrected chi connectivity index (χ1v) is 10.3. The van der Waals surface area contributed by atoms with Crippen molar-refractivity contribution in [2.24, 2.45) is 5.92 Å². The minimum absolute atomic E-state index is 0.131. The van der Waals surface area contributed by atoms with E-state index < -0.39 is 23.1 Å². The molecule has 2 bridgehead atoms. The number of benzene rings is 2. The Morgan fingerprint density at radius 3 is 2.04 bits per heavy atom. The van der Waals surface area contributed by atoms with Crippen LogP contribution in [0, 0.1) is 5.92 Å². The van der Waals surface area contributed by atoms with Gasteiger partial charge in [-0.2, -0.15) is 0 Å². The lowest BCUT2D eigenvalue weighted by molar-refractivity contribution is -0.167. The van der Waals surface area contributed by atoms with Crippen LogP contribution in [0.2, 0.25) is 0 Å². The number of hydrogen-bond acceptors (Lipinski definition) is 4. The highest BCUT2D eigenvalue weighted by Crippen LogP contribution is 2.59. The molecule has 0 spiro atoms. The number of hydrogen-bond donors (Lipinski definition) is 2. The zero-order valence-corrected chi connectivity index (χ0v) is 16.4. The maximum Gasteiger partial charge on any atom is 0.312 e. The van der Waals surface area contributed by atoms with Gasteiger partial charge < -0.3 is 14.9 Å². The van der Waals surface area contributed by atoms with E-state index in [9.17, 15) is 15.0 Å². The molecule has 1 unspecified atom stereocenters. The predicted octanol–water partition coefficient (Wildman–Crippen LogP) is 4.01. The van der Waals surface area contributed by atoms with E-state index in [1.807, 2.05) is 36.4 Å². The number of aliphatic hydroxyl groups is 2. The van der Waals surface area contributed by atoms with Gasteiger partial charge in [-0.1, -0.05) is 81.1 Å². The van der Waals surface area contributed by atoms with Crippen LogP contribution in [-0.4, -0.2) is 22.8 Å². The van der Waals surface area contributed by atoms with Gasteiger partial charge in [0.15, 0.2) is 0 Å². The average molecular weight is 380 g/mol. The Bertz CT molecular complexity index is 825. The average Bonchev–Trinajstić information content (AvgIpc) is 2.72. The minimum atomic E-state index is -1.48. The van der Waals surface area contributed by atoms with E-state index in [0.717, 1.165) is 19.3 Å². The normalized spacial score (nSPS) is 27.2. The zero-order valence-electron chi connectivity index (χ0n) is 16.4. The summed E-state index contributed by atoms with van der Waals surface area (Å²) in [6, 6.07) is 14.7. The molecule has 0 aromatic heterocycles. The summed E-state index contributed by atoms with van der Waals surface area (Å²) in [5.74, 6) is -1.25. The van der Waals surface area contributed by atoms with E-state index in [1.165, 1.54) is 12.8 Å². The maximum absolute atomic E-state index is 13.0. The molecule has 0 fully saturated rings. The first-order valence-electron chi connectivity index (χ1n) is 10.3. The molecule has 0 amide bonds. The highest BCUT2D eigenvalue weighted by molar-refractivity contribution is 5.79. The zero-order chi connectivity index (χ0) is 19.8. The smallest absolute Gasteiger partial charge is 0.312 e. The molecule has 1 atom stereocenters. The molecule has 4 nitrogen and oxygen atoms in total. The standard InChI is InChI=1S/C24H28O4/c1-2-3-4-5-10-15-28-22(25)21-16-23(26)17-11-6-8-13-19(17)24(21,27)20-14-9-7-12-18(20)23/h6-9,11-14,21,26-27H,2-5,10,15-16H2,1H3. The lowest BCUT2D eigenvalue weighted by Crippen LogP contribution is -2.57. The highest BCUT2D eigenvalue weighted by Gasteiger charge is 2.62. The Hall–Kier alpha value is -2.17. The van der Waals surface area contributed by atoms with Crippen molar-refractivity contribution >= 4 is 5.97 Å². The SMILES string of the molecule is CCCCCCCOC(=O)C1CC2(O)c3ccccc3C1(O)c1ccccc12. The predicted molar refractivity (Wildman–Crippen MR) is 107 cm³/mol. The van der Waals surface area contributed by atoms with Crippen LogP contribution < -0.4 is 0 Å². The van der Waals surface area contributed by atoms with Crippen molar-refractivity contribution < 1.29 is 19.7 Å². The summed E-state index contributed by atoms with van der Waals surface area (Å²) in [6.45, 7) is 2.52. The van der Waals surface area contributed by atoms with Crippen molar-refractivity contribution in [3.05, 3.63) is 70.8 Å². The molecule has 0 radical (unpaired) electrons. The summed E-state index contributed by atoms with van der Waals surface area (Å²) < 4.78 is 5.54. The number of fused-ring (bicyclic) bond motifs is 1. The lowest BCUT2D eigenvalue weighted by atomic mass is 9.54. The molecule has 148 valence electrons. The first kappa shape index (κ1) is 19.2. The monoisotopic (exact) mass is 380 g/mol. The quantitative estimate of drug-likeness (QED) is 0.563. The van der Waals surface area contributed by atoms with Crippen LogP contribution in [0.4, 0.5) is 0 Å². The third-order valence-corrected chi connectivity index (χ3v) is 6.35. The molecular weight excluding hydrogens is 352 g/mol. The second-order valence-electron chi connectivity index (χ2n) is 8.06. The van der Waals surface area contributed by atoms with Gasteiger partial charge in [-0.25, -0.2) is 0 Å². The molecule has 2 aromatic rings. The van der Waals surface area contributed by atoms with Gasteiger partial charge >= 0.3 is 5.97 Å². The Labute approximate surface area is 166 Å². The van der Waals surface area contributed by atoms with Crippen LogP contribution >= 0.6 is 0 Å². The van der Waals surface area contributed by atoms with Gasteiger partial charge in [-0.15, -0.1) is 0 Å². The van der Waals surface area contributed by atoms with Crippen molar-refractivity contribution in [2.75, 3.05) is 6.61 Å². The van der Waals surface area contributed by atoms with Crippen LogP contribution in [0.3, 0.4) is 0 Å². The van der Waals surface area contributed by atoms with Crippen LogP contribution in [-0.2, 0) is 20.7 Å². The van der Waals surface area contributed by atoms with Crippen LogP contribution in [0.25, 0.3) is 0 Å². The third kappa shape index (κ3) is 2.78. The Morgan fingerprint density at radius 1 is 0.929 bits per heavy atom. The molecule has 3 aliphatic carbocycles. The van der Waals surface area contributed by atoms with E-state index in [1.54, 1.807) is 12.1 Å². The molecular formula is C24H28O4. The van der Waals surface area contributed by atoms with Crippen LogP contribution in [0.5, 0.6) is 0 Å². The number of carbonyl (C=O) groups excluding carboxylic acids is 1. The topological polar surface area (TPSA) is 66.8 Å². The molecule has 2 aromatic carbocycles. The van der Waals surface area contributed by atoms with E-state index in [-0.39, 0.29) is 6.42 Å². The van der Waals surface area contributed by atoms with Gasteiger partial charge in [-0.3, -0.25) is 4.79 Å². The maximum atomic E-state index is 13.0. The Balaban J connectivity index is 1.63. The first-order chi connectivity index (χ1) is 13.5. The largest absolute Gasteiger partial charge is 0.465 e. The van der Waals surface area contributed by atoms with Crippen molar-refractivity contribution in [3.8, 4) is 0 Å². The van der Waals surface area contributed by atoms with Gasteiger partial charge in [0, 0.05) is 6.42 Å². The number of rotatable bonds is 7. The summed E-state index contributed by atoms with van der Waals surface area (Å²) in [5.41, 5.74) is -0.196. The van der Waals surface area contributed by atoms with E-state index in [4.69, 9.17) is 4.74 Å². The number of carbonyl (C=O) groups is 1. The van der Waals surface area contributed by atoms with Crippen molar-refractivity contribution in [1.82, 2.24) is 0 Å². The van der Waals surface area contributed by atoms with Gasteiger partial charge in [0.1, 0.15) is 11.2 Å². The van der Waals surface area contributed by atoms with Gasteiger partial charge in [0.2, 0.25) is 0 Å². The second kappa shape index (κ2) is 7.34. The lowest BCUT2D eigenvalue weighted by Gasteiger charge is -2.53. The second-order valence-corrected chi connectivity index (χ2v) is 8.06. The Morgan fingerprint density at radius 2 is 1.46 bits per heavy atom. The van der Waals surface area contributed by atoms with Crippen LogP contribution in [0.15, 0.2) is 48.5 Å². The molecule has 2 N–H and O–H groups in total. The minimum Gasteiger partial charge on any atom is -0.465 e. The summed E-state index contributed by atoms with van der Waals surface area (Å²) in [4.78, 5) is 13.0. The molecule has 0 saturated carbocycles. The van der Waals surface area contributed by atoms with E-state index >= 15 is 0 Å².